The number of likely N-dealkylation sites (tertiary alicyclic amines) is 2. The van der Waals surface area contributed by atoms with E-state index in [4.69, 9.17) is 5.26 Å². The zero-order valence-electron chi connectivity index (χ0n) is 15.7. The van der Waals surface area contributed by atoms with E-state index in [1.807, 2.05) is 19.0 Å². The Morgan fingerprint density at radius 3 is 2.88 bits per heavy atom. The topological polar surface area (TPSA) is 67.7 Å². The molecule has 2 aliphatic rings. The lowest BCUT2D eigenvalue weighted by Gasteiger charge is -2.27. The smallest absolute Gasteiger partial charge is 0.253 e. The van der Waals surface area contributed by atoms with Crippen LogP contribution in [0.25, 0.3) is 0 Å². The summed E-state index contributed by atoms with van der Waals surface area (Å²) in [6, 6.07) is 8.84. The van der Waals surface area contributed by atoms with Gasteiger partial charge in [-0.1, -0.05) is 13.0 Å². The second-order valence-electron chi connectivity index (χ2n) is 7.78. The van der Waals surface area contributed by atoms with E-state index in [0.717, 1.165) is 26.1 Å². The molecule has 2 saturated heterocycles. The van der Waals surface area contributed by atoms with Crippen LogP contribution in [-0.4, -0.2) is 73.3 Å². The van der Waals surface area contributed by atoms with Crippen molar-refractivity contribution in [1.82, 2.24) is 14.7 Å². The highest BCUT2D eigenvalue weighted by atomic mass is 16.2. The van der Waals surface area contributed by atoms with Gasteiger partial charge in [0.2, 0.25) is 5.91 Å². The Balaban J connectivity index is 1.74. The minimum Gasteiger partial charge on any atom is -0.341 e. The summed E-state index contributed by atoms with van der Waals surface area (Å²) in [6.07, 6.45) is 0.808. The van der Waals surface area contributed by atoms with E-state index in [2.05, 4.69) is 17.9 Å². The molecule has 138 valence electrons. The van der Waals surface area contributed by atoms with Gasteiger partial charge in [-0.2, -0.15) is 5.26 Å². The quantitative estimate of drug-likeness (QED) is 0.820. The highest BCUT2D eigenvalue weighted by Crippen LogP contribution is 2.44. The van der Waals surface area contributed by atoms with Crippen molar-refractivity contribution in [3.05, 3.63) is 35.4 Å². The normalized spacial score (nSPS) is 25.3. The van der Waals surface area contributed by atoms with Gasteiger partial charge in [0.15, 0.2) is 0 Å². The highest BCUT2D eigenvalue weighted by Gasteiger charge is 2.55. The SMILES string of the molecule is C[C@@H]1CN(C(=O)c2cccc(C#N)c2)C[C@]12CCN(CCN(C)C)C2=O. The van der Waals surface area contributed by atoms with Gasteiger partial charge in [0, 0.05) is 38.3 Å². The first-order valence-corrected chi connectivity index (χ1v) is 9.11. The van der Waals surface area contributed by atoms with Crippen molar-refractivity contribution in [3.8, 4) is 6.07 Å². The first-order chi connectivity index (χ1) is 12.4. The Kier molecular flexibility index (Phi) is 5.01. The molecule has 0 aromatic heterocycles. The van der Waals surface area contributed by atoms with Crippen LogP contribution in [0.15, 0.2) is 24.3 Å². The van der Waals surface area contributed by atoms with Crippen molar-refractivity contribution >= 4 is 11.8 Å². The van der Waals surface area contributed by atoms with Gasteiger partial charge in [0.1, 0.15) is 0 Å². The minimum atomic E-state index is -0.450. The molecule has 2 heterocycles. The van der Waals surface area contributed by atoms with E-state index in [1.54, 1.807) is 29.2 Å². The van der Waals surface area contributed by atoms with E-state index < -0.39 is 5.41 Å². The number of likely N-dealkylation sites (N-methyl/N-ethyl adjacent to an activating group) is 1. The predicted octanol–water partition coefficient (Wildman–Crippen LogP) is 1.43. The number of nitrogens with zero attached hydrogens (tertiary/aromatic N) is 4. The molecular formula is C20H26N4O2. The van der Waals surface area contributed by atoms with Gasteiger partial charge >= 0.3 is 0 Å². The summed E-state index contributed by atoms with van der Waals surface area (Å²) in [5.74, 6) is 0.237. The van der Waals surface area contributed by atoms with Crippen LogP contribution in [0.2, 0.25) is 0 Å². The molecule has 0 N–H and O–H groups in total. The first kappa shape index (κ1) is 18.4. The van der Waals surface area contributed by atoms with Crippen molar-refractivity contribution in [2.45, 2.75) is 13.3 Å². The fourth-order valence-corrected chi connectivity index (χ4v) is 4.12. The molecule has 0 bridgehead atoms. The molecule has 0 radical (unpaired) electrons. The van der Waals surface area contributed by atoms with E-state index in [9.17, 15) is 9.59 Å². The summed E-state index contributed by atoms with van der Waals surface area (Å²) in [5.41, 5.74) is 0.544. The maximum Gasteiger partial charge on any atom is 0.253 e. The summed E-state index contributed by atoms with van der Waals surface area (Å²) in [4.78, 5) is 31.8. The van der Waals surface area contributed by atoms with Gasteiger partial charge in [-0.3, -0.25) is 9.59 Å². The molecule has 0 aliphatic carbocycles. The van der Waals surface area contributed by atoms with Crippen LogP contribution in [0, 0.1) is 22.7 Å². The summed E-state index contributed by atoms with van der Waals surface area (Å²) in [6.45, 7) is 5.48. The molecule has 0 unspecified atom stereocenters. The Morgan fingerprint density at radius 1 is 1.42 bits per heavy atom. The molecule has 26 heavy (non-hydrogen) atoms. The van der Waals surface area contributed by atoms with Crippen LogP contribution < -0.4 is 0 Å². The number of nitriles is 1. The molecule has 6 heteroatoms. The standard InChI is InChI=1S/C20H26N4O2/c1-15-13-24(18(25)17-6-4-5-16(11-17)12-21)14-20(15)7-8-23(19(20)26)10-9-22(2)3/h4-6,11,15H,7-10,13-14H2,1-3H3/t15-,20-/m1/s1. The lowest BCUT2D eigenvalue weighted by atomic mass is 9.78. The fourth-order valence-electron chi connectivity index (χ4n) is 4.12. The molecule has 6 nitrogen and oxygen atoms in total. The second kappa shape index (κ2) is 7.08. The first-order valence-electron chi connectivity index (χ1n) is 9.11. The van der Waals surface area contributed by atoms with Crippen LogP contribution >= 0.6 is 0 Å². The summed E-state index contributed by atoms with van der Waals surface area (Å²) in [7, 11) is 4.01. The van der Waals surface area contributed by atoms with Crippen molar-refractivity contribution in [3.63, 3.8) is 0 Å². The number of amides is 2. The Morgan fingerprint density at radius 2 is 2.19 bits per heavy atom. The minimum absolute atomic E-state index is 0.0923. The summed E-state index contributed by atoms with van der Waals surface area (Å²) >= 11 is 0. The van der Waals surface area contributed by atoms with Crippen molar-refractivity contribution in [2.24, 2.45) is 11.3 Å². The predicted molar refractivity (Wildman–Crippen MR) is 98.4 cm³/mol. The molecule has 3 rings (SSSR count). The number of rotatable bonds is 4. The largest absolute Gasteiger partial charge is 0.341 e. The third-order valence-corrected chi connectivity index (χ3v) is 5.79. The Labute approximate surface area is 155 Å². The molecule has 1 aromatic carbocycles. The van der Waals surface area contributed by atoms with Gasteiger partial charge in [-0.25, -0.2) is 0 Å². The Bertz CT molecular complexity index is 754. The van der Waals surface area contributed by atoms with E-state index in [0.29, 0.717) is 24.2 Å². The molecule has 1 aromatic rings. The summed E-state index contributed by atoms with van der Waals surface area (Å²) < 4.78 is 0. The second-order valence-corrected chi connectivity index (χ2v) is 7.78. The van der Waals surface area contributed by atoms with Crippen LogP contribution in [0.1, 0.15) is 29.3 Å². The number of benzene rings is 1. The monoisotopic (exact) mass is 354 g/mol. The van der Waals surface area contributed by atoms with Gasteiger partial charge in [0.05, 0.1) is 17.0 Å². The molecule has 0 saturated carbocycles. The molecule has 2 aliphatic heterocycles. The number of carbonyl (C=O) groups is 2. The highest BCUT2D eigenvalue weighted by molar-refractivity contribution is 5.96. The van der Waals surface area contributed by atoms with Crippen LogP contribution in [0.3, 0.4) is 0 Å². The molecule has 1 spiro atoms. The third kappa shape index (κ3) is 3.19. The maximum absolute atomic E-state index is 13.1. The molecule has 2 atom stereocenters. The number of hydrogen-bond acceptors (Lipinski definition) is 4. The van der Waals surface area contributed by atoms with Crippen LogP contribution in [-0.2, 0) is 4.79 Å². The molecule has 2 amide bonds. The van der Waals surface area contributed by atoms with Crippen molar-refractivity contribution in [1.29, 1.82) is 5.26 Å². The average Bonchev–Trinajstić information content (AvgIpc) is 3.14. The Hall–Kier alpha value is -2.39. The molecule has 2 fully saturated rings. The van der Waals surface area contributed by atoms with Crippen molar-refractivity contribution in [2.75, 3.05) is 46.8 Å². The number of hydrogen-bond donors (Lipinski definition) is 0. The average molecular weight is 354 g/mol. The summed E-state index contributed by atoms with van der Waals surface area (Å²) in [5, 5.41) is 9.04. The lowest BCUT2D eigenvalue weighted by Crippen LogP contribution is -2.42. The van der Waals surface area contributed by atoms with Gasteiger partial charge in [-0.15, -0.1) is 0 Å². The van der Waals surface area contributed by atoms with E-state index >= 15 is 0 Å². The van der Waals surface area contributed by atoms with Crippen molar-refractivity contribution < 1.29 is 9.59 Å². The van der Waals surface area contributed by atoms with E-state index in [-0.39, 0.29) is 17.7 Å². The van der Waals surface area contributed by atoms with Crippen LogP contribution in [0.4, 0.5) is 0 Å². The third-order valence-electron chi connectivity index (χ3n) is 5.79. The lowest BCUT2D eigenvalue weighted by molar-refractivity contribution is -0.137. The van der Waals surface area contributed by atoms with Crippen LogP contribution in [0.5, 0.6) is 0 Å². The zero-order valence-corrected chi connectivity index (χ0v) is 15.7. The molecular weight excluding hydrogens is 328 g/mol. The number of carbonyl (C=O) groups excluding carboxylic acids is 2. The van der Waals surface area contributed by atoms with Gasteiger partial charge in [-0.05, 0) is 44.6 Å². The van der Waals surface area contributed by atoms with Gasteiger partial charge in [0.25, 0.3) is 5.91 Å². The van der Waals surface area contributed by atoms with E-state index in [1.165, 1.54) is 0 Å². The fraction of sp³-hybridized carbons (Fsp3) is 0.550. The zero-order chi connectivity index (χ0) is 18.9. The van der Waals surface area contributed by atoms with Gasteiger partial charge < -0.3 is 14.7 Å². The maximum atomic E-state index is 13.1.